The van der Waals surface area contributed by atoms with E-state index in [-0.39, 0.29) is 0 Å². The molecule has 5 heterocycles. The summed E-state index contributed by atoms with van der Waals surface area (Å²) >= 11 is 0. The highest BCUT2D eigenvalue weighted by Gasteiger charge is 2.45. The Morgan fingerprint density at radius 2 is 2.10 bits per heavy atom. The van der Waals surface area contributed by atoms with Crippen molar-refractivity contribution < 1.29 is 14.2 Å². The topological polar surface area (TPSA) is 116 Å². The summed E-state index contributed by atoms with van der Waals surface area (Å²) in [6.07, 6.45) is 4.41. The molecule has 2 saturated heterocycles. The Labute approximate surface area is 179 Å². The summed E-state index contributed by atoms with van der Waals surface area (Å²) in [5.41, 5.74) is 8.00. The van der Waals surface area contributed by atoms with E-state index in [1.54, 1.807) is 15.4 Å². The Bertz CT molecular complexity index is 1060. The van der Waals surface area contributed by atoms with Gasteiger partial charge in [0.15, 0.2) is 12.4 Å². The lowest BCUT2D eigenvalue weighted by molar-refractivity contribution is -0.0284. The van der Waals surface area contributed by atoms with Crippen LogP contribution in [-0.2, 0) is 11.8 Å². The summed E-state index contributed by atoms with van der Waals surface area (Å²) in [7, 11) is 1.82. The molecule has 2 aliphatic heterocycles. The molecule has 0 spiro atoms. The first kappa shape index (κ1) is 20.3. The number of hydrogen-bond donors (Lipinski definition) is 3. The molecule has 0 radical (unpaired) electrons. The molecule has 31 heavy (non-hydrogen) atoms. The second kappa shape index (κ2) is 8.18. The fraction of sp³-hybridized carbons (Fsp3) is 0.571. The van der Waals surface area contributed by atoms with E-state index in [9.17, 15) is 5.11 Å². The van der Waals surface area contributed by atoms with Gasteiger partial charge in [0.05, 0.1) is 17.2 Å². The van der Waals surface area contributed by atoms with Crippen LogP contribution in [0.15, 0.2) is 24.8 Å². The molecule has 2 fully saturated rings. The number of aliphatic hydroxyl groups is 1. The van der Waals surface area contributed by atoms with Gasteiger partial charge in [0.25, 0.3) is 0 Å². The first-order valence-electron chi connectivity index (χ1n) is 10.8. The minimum Gasteiger partial charge on any atom is -0.387 e. The Morgan fingerprint density at radius 3 is 2.84 bits per heavy atom. The SMILES string of the molecule is Cn1ccc(-c2cn([C@@H]3O[C@H](CCC4CCNCC4)[C@@H](O)[C@@H]3F)c3ncnc(N)c23)n1. The highest BCUT2D eigenvalue weighted by Crippen LogP contribution is 2.40. The molecule has 5 rings (SSSR count). The predicted molar refractivity (Wildman–Crippen MR) is 114 cm³/mol. The van der Waals surface area contributed by atoms with Gasteiger partial charge in [-0.2, -0.15) is 5.10 Å². The number of alkyl halides is 1. The summed E-state index contributed by atoms with van der Waals surface area (Å²) in [4.78, 5) is 8.45. The number of rotatable bonds is 5. The van der Waals surface area contributed by atoms with Crippen molar-refractivity contribution in [3.8, 4) is 11.3 Å². The van der Waals surface area contributed by atoms with E-state index in [0.717, 1.165) is 32.4 Å². The molecule has 10 heteroatoms. The fourth-order valence-corrected chi connectivity index (χ4v) is 4.79. The zero-order valence-corrected chi connectivity index (χ0v) is 17.5. The summed E-state index contributed by atoms with van der Waals surface area (Å²) in [5.74, 6) is 0.880. The van der Waals surface area contributed by atoms with E-state index < -0.39 is 24.6 Å². The van der Waals surface area contributed by atoms with Gasteiger partial charge in [-0.25, -0.2) is 14.4 Å². The second-order valence-corrected chi connectivity index (χ2v) is 8.55. The number of aryl methyl sites for hydroxylation is 1. The van der Waals surface area contributed by atoms with Crippen molar-refractivity contribution in [2.45, 2.75) is 50.3 Å². The first-order valence-corrected chi connectivity index (χ1v) is 10.8. The summed E-state index contributed by atoms with van der Waals surface area (Å²) < 4.78 is 24.6. The average molecular weight is 430 g/mol. The van der Waals surface area contributed by atoms with Crippen molar-refractivity contribution in [1.82, 2.24) is 29.6 Å². The first-order chi connectivity index (χ1) is 15.0. The third-order valence-corrected chi connectivity index (χ3v) is 6.51. The van der Waals surface area contributed by atoms with Crippen molar-refractivity contribution in [2.24, 2.45) is 13.0 Å². The minimum atomic E-state index is -1.57. The van der Waals surface area contributed by atoms with Crippen LogP contribution in [0, 0.1) is 5.92 Å². The number of fused-ring (bicyclic) bond motifs is 1. The van der Waals surface area contributed by atoms with Gasteiger partial charge in [0, 0.05) is 25.0 Å². The molecule has 4 atom stereocenters. The number of piperidine rings is 1. The van der Waals surface area contributed by atoms with E-state index in [4.69, 9.17) is 10.5 Å². The van der Waals surface area contributed by atoms with Gasteiger partial charge in [-0.3, -0.25) is 4.68 Å². The number of halogens is 1. The molecule has 0 bridgehead atoms. The number of nitrogens with two attached hydrogens (primary N) is 1. The van der Waals surface area contributed by atoms with Gasteiger partial charge in [-0.1, -0.05) is 0 Å². The molecule has 0 aliphatic carbocycles. The molecular formula is C21H28FN7O2. The maximum Gasteiger partial charge on any atom is 0.173 e. The third kappa shape index (κ3) is 3.68. The van der Waals surface area contributed by atoms with Crippen LogP contribution in [0.5, 0.6) is 0 Å². The standard InChI is InChI=1S/C21H28FN7O2/c1-28-9-6-14(27-28)13-10-29(20-16(13)19(23)25-11-26-20)21-17(22)18(30)15(31-21)3-2-12-4-7-24-8-5-12/h6,9-12,15,17-18,21,24,30H,2-5,7-8H2,1H3,(H2,23,25,26)/t15-,17+,18-,21-/m1/s1. The lowest BCUT2D eigenvalue weighted by Gasteiger charge is -2.24. The maximum absolute atomic E-state index is 15.2. The quantitative estimate of drug-likeness (QED) is 0.566. The Kier molecular flexibility index (Phi) is 5.37. The van der Waals surface area contributed by atoms with E-state index in [0.29, 0.717) is 40.4 Å². The van der Waals surface area contributed by atoms with Gasteiger partial charge in [-0.15, -0.1) is 0 Å². The smallest absolute Gasteiger partial charge is 0.173 e. The van der Waals surface area contributed by atoms with Crippen molar-refractivity contribution in [2.75, 3.05) is 18.8 Å². The normalized spacial score (nSPS) is 27.3. The van der Waals surface area contributed by atoms with Crippen LogP contribution in [0.1, 0.15) is 31.9 Å². The number of hydrogen-bond acceptors (Lipinski definition) is 7. The summed E-state index contributed by atoms with van der Waals surface area (Å²) in [6.45, 7) is 2.03. The van der Waals surface area contributed by atoms with E-state index >= 15 is 4.39 Å². The number of anilines is 1. The monoisotopic (exact) mass is 429 g/mol. The molecule has 3 aromatic heterocycles. The van der Waals surface area contributed by atoms with Gasteiger partial charge in [0.2, 0.25) is 0 Å². The second-order valence-electron chi connectivity index (χ2n) is 8.55. The third-order valence-electron chi connectivity index (χ3n) is 6.51. The number of nitrogens with one attached hydrogen (secondary N) is 1. The van der Waals surface area contributed by atoms with Crippen LogP contribution in [0.25, 0.3) is 22.3 Å². The van der Waals surface area contributed by atoms with Crippen LogP contribution < -0.4 is 11.1 Å². The molecule has 166 valence electrons. The van der Waals surface area contributed by atoms with Crippen LogP contribution in [0.2, 0.25) is 0 Å². The molecule has 9 nitrogen and oxygen atoms in total. The average Bonchev–Trinajstić information content (AvgIpc) is 3.45. The molecule has 4 N–H and O–H groups in total. The lowest BCUT2D eigenvalue weighted by atomic mass is 9.91. The highest BCUT2D eigenvalue weighted by atomic mass is 19.1. The number of nitrogens with zero attached hydrogens (tertiary/aromatic N) is 5. The van der Waals surface area contributed by atoms with E-state index in [1.165, 1.54) is 6.33 Å². The van der Waals surface area contributed by atoms with Crippen LogP contribution in [0.3, 0.4) is 0 Å². The Balaban J connectivity index is 1.44. The summed E-state index contributed by atoms with van der Waals surface area (Å²) in [6, 6.07) is 1.85. The molecule has 0 aromatic carbocycles. The van der Waals surface area contributed by atoms with Gasteiger partial charge in [-0.05, 0) is 50.8 Å². The number of ether oxygens (including phenoxy) is 1. The maximum atomic E-state index is 15.2. The van der Waals surface area contributed by atoms with Crippen LogP contribution in [0.4, 0.5) is 10.2 Å². The molecule has 0 saturated carbocycles. The molecule has 0 amide bonds. The van der Waals surface area contributed by atoms with E-state index in [1.807, 2.05) is 19.3 Å². The van der Waals surface area contributed by atoms with Gasteiger partial charge < -0.3 is 25.5 Å². The van der Waals surface area contributed by atoms with Gasteiger partial charge in [0.1, 0.15) is 23.9 Å². The van der Waals surface area contributed by atoms with Crippen molar-refractivity contribution in [3.05, 3.63) is 24.8 Å². The van der Waals surface area contributed by atoms with Crippen molar-refractivity contribution >= 4 is 16.9 Å². The molecule has 0 unspecified atom stereocenters. The number of nitrogen functional groups attached to an aromatic ring is 1. The molecular weight excluding hydrogens is 401 g/mol. The number of aliphatic hydroxyl groups excluding tert-OH is 1. The lowest BCUT2D eigenvalue weighted by Crippen LogP contribution is -2.31. The largest absolute Gasteiger partial charge is 0.387 e. The molecule has 3 aromatic rings. The summed E-state index contributed by atoms with van der Waals surface area (Å²) in [5, 5.41) is 19.0. The Hall–Kier alpha value is -2.56. The van der Waals surface area contributed by atoms with Crippen molar-refractivity contribution in [3.63, 3.8) is 0 Å². The zero-order chi connectivity index (χ0) is 21.5. The minimum absolute atomic E-state index is 0.292. The highest BCUT2D eigenvalue weighted by molar-refractivity contribution is 5.99. The van der Waals surface area contributed by atoms with Gasteiger partial charge >= 0.3 is 0 Å². The Morgan fingerprint density at radius 1 is 1.29 bits per heavy atom. The fourth-order valence-electron chi connectivity index (χ4n) is 4.79. The van der Waals surface area contributed by atoms with Crippen molar-refractivity contribution in [1.29, 1.82) is 0 Å². The number of aromatic nitrogens is 5. The predicted octanol–water partition coefficient (Wildman–Crippen LogP) is 1.79. The zero-order valence-electron chi connectivity index (χ0n) is 17.5. The van der Waals surface area contributed by atoms with E-state index in [2.05, 4.69) is 20.4 Å². The van der Waals surface area contributed by atoms with Crippen LogP contribution >= 0.6 is 0 Å². The molecule has 2 aliphatic rings. The van der Waals surface area contributed by atoms with Crippen LogP contribution in [-0.4, -0.2) is 60.9 Å².